The van der Waals surface area contributed by atoms with Crippen molar-refractivity contribution in [2.45, 2.75) is 19.4 Å². The van der Waals surface area contributed by atoms with Crippen molar-refractivity contribution in [2.75, 3.05) is 11.1 Å². The summed E-state index contributed by atoms with van der Waals surface area (Å²) in [6.45, 7) is 0.356. The number of hydrogen-bond donors (Lipinski definition) is 4. The molecule has 0 aromatic heterocycles. The lowest BCUT2D eigenvalue weighted by Gasteiger charge is -2.09. The molecule has 6 heteroatoms. The molecule has 2 aromatic carbocycles. The summed E-state index contributed by atoms with van der Waals surface area (Å²) < 4.78 is 0. The van der Waals surface area contributed by atoms with Gasteiger partial charge >= 0.3 is 12.0 Å². The largest absolute Gasteiger partial charge is 0.481 e. The zero-order valence-electron chi connectivity index (χ0n) is 12.6. The number of urea groups is 1. The van der Waals surface area contributed by atoms with Crippen LogP contribution in [0.4, 0.5) is 16.2 Å². The molecule has 2 rings (SSSR count). The van der Waals surface area contributed by atoms with Crippen molar-refractivity contribution in [1.82, 2.24) is 5.32 Å². The number of carboxylic acid groups (broad SMARTS) is 1. The Bertz CT molecular complexity index is 701. The van der Waals surface area contributed by atoms with E-state index in [0.29, 0.717) is 24.3 Å². The van der Waals surface area contributed by atoms with Crippen LogP contribution in [-0.2, 0) is 17.8 Å². The molecule has 0 fully saturated rings. The van der Waals surface area contributed by atoms with Crippen LogP contribution >= 0.6 is 0 Å². The molecule has 0 aliphatic rings. The van der Waals surface area contributed by atoms with Crippen LogP contribution in [0.2, 0.25) is 0 Å². The first kappa shape index (κ1) is 16.4. The van der Waals surface area contributed by atoms with Gasteiger partial charge in [-0.3, -0.25) is 4.79 Å². The van der Waals surface area contributed by atoms with Gasteiger partial charge in [-0.25, -0.2) is 4.79 Å². The molecule has 0 aliphatic heterocycles. The summed E-state index contributed by atoms with van der Waals surface area (Å²) in [6, 6.07) is 14.1. The van der Waals surface area contributed by atoms with Gasteiger partial charge in [0.1, 0.15) is 0 Å². The minimum Gasteiger partial charge on any atom is -0.481 e. The van der Waals surface area contributed by atoms with Crippen molar-refractivity contribution in [1.29, 1.82) is 0 Å². The summed E-state index contributed by atoms with van der Waals surface area (Å²) in [5, 5.41) is 14.2. The van der Waals surface area contributed by atoms with E-state index in [2.05, 4.69) is 10.6 Å². The van der Waals surface area contributed by atoms with Crippen molar-refractivity contribution in [3.8, 4) is 0 Å². The van der Waals surface area contributed by atoms with E-state index in [1.165, 1.54) is 0 Å². The highest BCUT2D eigenvalue weighted by Crippen LogP contribution is 2.12. The first-order valence-electron chi connectivity index (χ1n) is 7.23. The van der Waals surface area contributed by atoms with Gasteiger partial charge in [-0.05, 0) is 35.7 Å². The zero-order valence-corrected chi connectivity index (χ0v) is 12.6. The maximum Gasteiger partial charge on any atom is 0.319 e. The van der Waals surface area contributed by atoms with E-state index in [-0.39, 0.29) is 12.5 Å². The Morgan fingerprint density at radius 1 is 1.04 bits per heavy atom. The van der Waals surface area contributed by atoms with Gasteiger partial charge in [-0.15, -0.1) is 0 Å². The predicted molar refractivity (Wildman–Crippen MR) is 89.1 cm³/mol. The Kier molecular flexibility index (Phi) is 5.57. The zero-order chi connectivity index (χ0) is 16.7. The normalized spacial score (nSPS) is 10.1. The second-order valence-electron chi connectivity index (χ2n) is 5.15. The van der Waals surface area contributed by atoms with Gasteiger partial charge in [0.25, 0.3) is 0 Å². The number of carboxylic acids is 1. The molecule has 0 radical (unpaired) electrons. The van der Waals surface area contributed by atoms with Crippen LogP contribution in [0.1, 0.15) is 17.5 Å². The van der Waals surface area contributed by atoms with Gasteiger partial charge in [0.05, 0.1) is 0 Å². The lowest BCUT2D eigenvalue weighted by Crippen LogP contribution is -2.28. The standard InChI is InChI=1S/C17H19N3O3/c18-14-5-2-6-15(10-14)20-17(23)19-11-13-4-1-3-12(9-13)7-8-16(21)22/h1-6,9-10H,7-8,11,18H2,(H,21,22)(H2,19,20,23). The van der Waals surface area contributed by atoms with Crippen LogP contribution in [0.3, 0.4) is 0 Å². The summed E-state index contributed by atoms with van der Waals surface area (Å²) >= 11 is 0. The van der Waals surface area contributed by atoms with Crippen molar-refractivity contribution in [3.63, 3.8) is 0 Å². The van der Waals surface area contributed by atoms with Crippen LogP contribution in [0.15, 0.2) is 48.5 Å². The molecule has 5 N–H and O–H groups in total. The number of nitrogen functional groups attached to an aromatic ring is 1. The molecule has 0 spiro atoms. The quantitative estimate of drug-likeness (QED) is 0.615. The average Bonchev–Trinajstić information content (AvgIpc) is 2.51. The molecule has 0 heterocycles. The van der Waals surface area contributed by atoms with Gasteiger partial charge < -0.3 is 21.5 Å². The minimum atomic E-state index is -0.824. The maximum absolute atomic E-state index is 11.9. The predicted octanol–water partition coefficient (Wildman–Crippen LogP) is 2.61. The number of nitrogens with two attached hydrogens (primary N) is 1. The van der Waals surface area contributed by atoms with Gasteiger partial charge in [0.15, 0.2) is 0 Å². The number of carbonyl (C=O) groups excluding carboxylic acids is 1. The highest BCUT2D eigenvalue weighted by atomic mass is 16.4. The van der Waals surface area contributed by atoms with Crippen molar-refractivity contribution < 1.29 is 14.7 Å². The highest BCUT2D eigenvalue weighted by Gasteiger charge is 2.04. The third-order valence-electron chi connectivity index (χ3n) is 3.22. The van der Waals surface area contributed by atoms with E-state index in [9.17, 15) is 9.59 Å². The fraction of sp³-hybridized carbons (Fsp3) is 0.176. The Hall–Kier alpha value is -3.02. The molecular weight excluding hydrogens is 294 g/mol. The third kappa shape index (κ3) is 5.70. The number of rotatable bonds is 6. The number of carbonyl (C=O) groups is 2. The van der Waals surface area contributed by atoms with Crippen LogP contribution in [0.5, 0.6) is 0 Å². The first-order valence-corrected chi connectivity index (χ1v) is 7.23. The molecule has 2 amide bonds. The summed E-state index contributed by atoms with van der Waals surface area (Å²) in [6.07, 6.45) is 0.561. The van der Waals surface area contributed by atoms with E-state index in [4.69, 9.17) is 10.8 Å². The molecule has 0 saturated heterocycles. The van der Waals surface area contributed by atoms with Gasteiger partial charge in [0.2, 0.25) is 0 Å². The van der Waals surface area contributed by atoms with Gasteiger partial charge in [0, 0.05) is 24.3 Å². The monoisotopic (exact) mass is 313 g/mol. The number of amides is 2. The maximum atomic E-state index is 11.9. The number of aryl methyl sites for hydroxylation is 1. The number of anilines is 2. The van der Waals surface area contributed by atoms with E-state index in [0.717, 1.165) is 11.1 Å². The van der Waals surface area contributed by atoms with E-state index in [1.54, 1.807) is 24.3 Å². The molecule has 0 atom stereocenters. The first-order chi connectivity index (χ1) is 11.0. The fourth-order valence-corrected chi connectivity index (χ4v) is 2.12. The second-order valence-corrected chi connectivity index (χ2v) is 5.15. The van der Waals surface area contributed by atoms with Crippen molar-refractivity contribution in [3.05, 3.63) is 59.7 Å². The van der Waals surface area contributed by atoms with Crippen LogP contribution in [0.25, 0.3) is 0 Å². The van der Waals surface area contributed by atoms with E-state index >= 15 is 0 Å². The molecular formula is C17H19N3O3. The SMILES string of the molecule is Nc1cccc(NC(=O)NCc2cccc(CCC(=O)O)c2)c1. The molecule has 2 aromatic rings. The number of hydrogen-bond acceptors (Lipinski definition) is 3. The lowest BCUT2D eigenvalue weighted by molar-refractivity contribution is -0.136. The van der Waals surface area contributed by atoms with E-state index in [1.807, 2.05) is 24.3 Å². The van der Waals surface area contributed by atoms with Crippen LogP contribution < -0.4 is 16.4 Å². The average molecular weight is 313 g/mol. The summed E-state index contributed by atoms with van der Waals surface area (Å²) in [7, 11) is 0. The molecule has 0 aliphatic carbocycles. The molecule has 0 saturated carbocycles. The van der Waals surface area contributed by atoms with Crippen molar-refractivity contribution >= 4 is 23.4 Å². The summed E-state index contributed by atoms with van der Waals surface area (Å²) in [5.41, 5.74) is 8.70. The number of benzene rings is 2. The Balaban J connectivity index is 1.86. The summed E-state index contributed by atoms with van der Waals surface area (Å²) in [5.74, 6) is -0.824. The van der Waals surface area contributed by atoms with Crippen LogP contribution in [0, 0.1) is 0 Å². The Labute approximate surface area is 134 Å². The number of nitrogens with one attached hydrogen (secondary N) is 2. The van der Waals surface area contributed by atoms with Gasteiger partial charge in [-0.1, -0.05) is 30.3 Å². The van der Waals surface area contributed by atoms with E-state index < -0.39 is 5.97 Å². The Morgan fingerprint density at radius 3 is 2.52 bits per heavy atom. The summed E-state index contributed by atoms with van der Waals surface area (Å²) in [4.78, 5) is 22.5. The number of aliphatic carboxylic acids is 1. The molecule has 120 valence electrons. The highest BCUT2D eigenvalue weighted by molar-refractivity contribution is 5.89. The minimum absolute atomic E-state index is 0.0901. The molecule has 0 bridgehead atoms. The third-order valence-corrected chi connectivity index (χ3v) is 3.22. The molecule has 23 heavy (non-hydrogen) atoms. The van der Waals surface area contributed by atoms with Crippen molar-refractivity contribution in [2.24, 2.45) is 0 Å². The smallest absolute Gasteiger partial charge is 0.319 e. The van der Waals surface area contributed by atoms with Gasteiger partial charge in [-0.2, -0.15) is 0 Å². The fourth-order valence-electron chi connectivity index (χ4n) is 2.12. The Morgan fingerprint density at radius 2 is 1.78 bits per heavy atom. The van der Waals surface area contributed by atoms with Crippen LogP contribution in [-0.4, -0.2) is 17.1 Å². The lowest BCUT2D eigenvalue weighted by atomic mass is 10.1. The molecule has 6 nitrogen and oxygen atoms in total. The second kappa shape index (κ2) is 7.84. The molecule has 0 unspecified atom stereocenters. The topological polar surface area (TPSA) is 104 Å².